The van der Waals surface area contributed by atoms with Crippen LogP contribution in [0, 0.1) is 0 Å². The molecule has 0 aliphatic carbocycles. The lowest BCUT2D eigenvalue weighted by Crippen LogP contribution is -2.00. The third-order valence-corrected chi connectivity index (χ3v) is 12.4. The van der Waals surface area contributed by atoms with Crippen LogP contribution in [0.5, 0.6) is 0 Å². The maximum absolute atomic E-state index is 5.13. The fraction of sp³-hybridized carbons (Fsp3) is 0. The number of aromatic nitrogens is 6. The predicted molar refractivity (Wildman–Crippen MR) is 255 cm³/mol. The number of hydrogen-bond acceptors (Lipinski definition) is 4. The molecule has 4 aromatic heterocycles. The molecule has 9 aromatic carbocycles. The minimum absolute atomic E-state index is 0.628. The molecule has 13 rings (SSSR count). The van der Waals surface area contributed by atoms with Crippen LogP contribution in [0.1, 0.15) is 0 Å². The van der Waals surface area contributed by atoms with Gasteiger partial charge < -0.3 is 4.57 Å². The van der Waals surface area contributed by atoms with Crippen molar-refractivity contribution in [1.82, 2.24) is 29.1 Å². The molecule has 62 heavy (non-hydrogen) atoms. The average Bonchev–Trinajstić information content (AvgIpc) is 3.85. The second-order valence-electron chi connectivity index (χ2n) is 15.9. The molecule has 0 unspecified atom stereocenters. The van der Waals surface area contributed by atoms with Crippen molar-refractivity contribution in [3.05, 3.63) is 206 Å². The highest BCUT2D eigenvalue weighted by molar-refractivity contribution is 6.25. The molecule has 0 radical (unpaired) electrons. The van der Waals surface area contributed by atoms with E-state index in [-0.39, 0.29) is 0 Å². The largest absolute Gasteiger partial charge is 0.309 e. The standard InChI is InChI=1S/C56H34N6/c1-2-15-37(16-3-1)54-58-55(40-25-24-35-13-4-5-17-38(35)31-40)60-56(59-54)41-26-28-42-39(32-41)18-12-22-47(42)61-48-21-9-8-20-44(48)45-33-46-51(34-50(45)61)62(52-23-10-11-30-57-52)49-29-27-36-14-6-7-19-43(36)53(46)49/h1-34H. The maximum Gasteiger partial charge on any atom is 0.164 e. The summed E-state index contributed by atoms with van der Waals surface area (Å²) in [5, 5.41) is 11.8. The molecule has 6 nitrogen and oxygen atoms in total. The Morgan fingerprint density at radius 3 is 1.77 bits per heavy atom. The van der Waals surface area contributed by atoms with Gasteiger partial charge in [-0.25, -0.2) is 19.9 Å². The van der Waals surface area contributed by atoms with E-state index in [1.54, 1.807) is 0 Å². The Kier molecular flexibility index (Phi) is 7.50. The Hall–Kier alpha value is -8.48. The van der Waals surface area contributed by atoms with Crippen LogP contribution in [-0.4, -0.2) is 29.1 Å². The number of nitrogens with zero attached hydrogens (tertiary/aromatic N) is 6. The fourth-order valence-electron chi connectivity index (χ4n) is 9.52. The molecular formula is C56H34N6. The first-order valence-corrected chi connectivity index (χ1v) is 20.9. The summed E-state index contributed by atoms with van der Waals surface area (Å²) in [7, 11) is 0. The molecule has 4 heterocycles. The van der Waals surface area contributed by atoms with E-state index in [2.05, 4.69) is 173 Å². The maximum atomic E-state index is 5.13. The first-order valence-electron chi connectivity index (χ1n) is 20.9. The van der Waals surface area contributed by atoms with Gasteiger partial charge in [0, 0.05) is 49.8 Å². The number of benzene rings is 9. The molecule has 0 spiro atoms. The summed E-state index contributed by atoms with van der Waals surface area (Å²) >= 11 is 0. The van der Waals surface area contributed by atoms with E-state index < -0.39 is 0 Å². The number of rotatable bonds is 5. The van der Waals surface area contributed by atoms with Crippen molar-refractivity contribution < 1.29 is 0 Å². The van der Waals surface area contributed by atoms with Crippen LogP contribution in [0.3, 0.4) is 0 Å². The zero-order valence-electron chi connectivity index (χ0n) is 33.3. The lowest BCUT2D eigenvalue weighted by Gasteiger charge is -2.13. The van der Waals surface area contributed by atoms with Crippen molar-refractivity contribution in [2.24, 2.45) is 0 Å². The van der Waals surface area contributed by atoms with Gasteiger partial charge in [0.25, 0.3) is 0 Å². The van der Waals surface area contributed by atoms with Crippen molar-refractivity contribution in [2.45, 2.75) is 0 Å². The van der Waals surface area contributed by atoms with E-state index in [0.717, 1.165) is 66.4 Å². The third-order valence-electron chi connectivity index (χ3n) is 12.4. The lowest BCUT2D eigenvalue weighted by atomic mass is 10.0. The predicted octanol–water partition coefficient (Wildman–Crippen LogP) is 13.9. The van der Waals surface area contributed by atoms with Gasteiger partial charge in [0.05, 0.1) is 27.8 Å². The van der Waals surface area contributed by atoms with Gasteiger partial charge in [0.1, 0.15) is 5.82 Å². The van der Waals surface area contributed by atoms with E-state index in [9.17, 15) is 0 Å². The molecule has 0 N–H and O–H groups in total. The van der Waals surface area contributed by atoms with Gasteiger partial charge in [0.15, 0.2) is 17.5 Å². The van der Waals surface area contributed by atoms with Crippen LogP contribution in [0.15, 0.2) is 206 Å². The fourth-order valence-corrected chi connectivity index (χ4v) is 9.52. The number of para-hydroxylation sites is 1. The van der Waals surface area contributed by atoms with Crippen molar-refractivity contribution in [3.63, 3.8) is 0 Å². The monoisotopic (exact) mass is 790 g/mol. The molecule has 0 saturated carbocycles. The topological polar surface area (TPSA) is 61.4 Å². The summed E-state index contributed by atoms with van der Waals surface area (Å²) in [5.74, 6) is 2.80. The normalized spacial score (nSPS) is 11.9. The van der Waals surface area contributed by atoms with E-state index in [1.165, 1.54) is 37.7 Å². The Balaban J connectivity index is 1.03. The minimum atomic E-state index is 0.628. The lowest BCUT2D eigenvalue weighted by molar-refractivity contribution is 1.07. The molecule has 288 valence electrons. The van der Waals surface area contributed by atoms with Crippen LogP contribution < -0.4 is 0 Å². The molecule has 0 aliphatic heterocycles. The molecular weight excluding hydrogens is 757 g/mol. The van der Waals surface area contributed by atoms with Gasteiger partial charge in [0.2, 0.25) is 0 Å². The molecule has 13 aromatic rings. The van der Waals surface area contributed by atoms with Crippen molar-refractivity contribution >= 4 is 75.9 Å². The van der Waals surface area contributed by atoms with E-state index in [4.69, 9.17) is 19.9 Å². The first kappa shape index (κ1) is 34.4. The third kappa shape index (κ3) is 5.30. The molecule has 0 amide bonds. The van der Waals surface area contributed by atoms with Crippen LogP contribution in [0.4, 0.5) is 0 Å². The molecule has 0 aliphatic rings. The Labute approximate surface area is 355 Å². The van der Waals surface area contributed by atoms with Gasteiger partial charge in [-0.2, -0.15) is 0 Å². The molecule has 0 bridgehead atoms. The summed E-state index contributed by atoms with van der Waals surface area (Å²) in [5.41, 5.74) is 8.44. The highest BCUT2D eigenvalue weighted by atomic mass is 15.1. The van der Waals surface area contributed by atoms with Crippen LogP contribution >= 0.6 is 0 Å². The van der Waals surface area contributed by atoms with Crippen LogP contribution in [0.2, 0.25) is 0 Å². The highest BCUT2D eigenvalue weighted by Crippen LogP contribution is 2.42. The zero-order valence-corrected chi connectivity index (χ0v) is 33.3. The van der Waals surface area contributed by atoms with Crippen LogP contribution in [0.25, 0.3) is 122 Å². The highest BCUT2D eigenvalue weighted by Gasteiger charge is 2.21. The van der Waals surface area contributed by atoms with Gasteiger partial charge in [-0.1, -0.05) is 146 Å². The summed E-state index contributed by atoms with van der Waals surface area (Å²) in [6, 6.07) is 70.9. The summed E-state index contributed by atoms with van der Waals surface area (Å²) in [6.45, 7) is 0. The van der Waals surface area contributed by atoms with Crippen molar-refractivity contribution in [1.29, 1.82) is 0 Å². The Morgan fingerprint density at radius 1 is 0.306 bits per heavy atom. The second-order valence-corrected chi connectivity index (χ2v) is 15.9. The number of hydrogen-bond donors (Lipinski definition) is 0. The van der Waals surface area contributed by atoms with Crippen LogP contribution in [-0.2, 0) is 0 Å². The van der Waals surface area contributed by atoms with Gasteiger partial charge >= 0.3 is 0 Å². The quantitative estimate of drug-likeness (QED) is 0.174. The molecule has 0 atom stereocenters. The van der Waals surface area contributed by atoms with E-state index in [0.29, 0.717) is 17.5 Å². The SMILES string of the molecule is c1ccc(-c2nc(-c3ccc4ccccc4c3)nc(-c3ccc4c(-n5c6ccccc6c6cc7c8c9ccccc9ccc8n(-c8ccccn8)c7cc65)cccc4c3)n2)cc1. The van der Waals surface area contributed by atoms with Crippen molar-refractivity contribution in [2.75, 3.05) is 0 Å². The summed E-state index contributed by atoms with van der Waals surface area (Å²) < 4.78 is 4.75. The molecule has 0 fully saturated rings. The van der Waals surface area contributed by atoms with E-state index >= 15 is 0 Å². The minimum Gasteiger partial charge on any atom is -0.309 e. The Morgan fingerprint density at radius 2 is 0.952 bits per heavy atom. The smallest absolute Gasteiger partial charge is 0.164 e. The molecule has 6 heteroatoms. The Bertz CT molecular complexity index is 3920. The number of fused-ring (bicyclic) bond motifs is 10. The summed E-state index contributed by atoms with van der Waals surface area (Å²) in [4.78, 5) is 20.1. The van der Waals surface area contributed by atoms with Gasteiger partial charge in [-0.15, -0.1) is 0 Å². The van der Waals surface area contributed by atoms with Gasteiger partial charge in [-0.3, -0.25) is 4.57 Å². The first-order chi connectivity index (χ1) is 30.7. The molecule has 0 saturated heterocycles. The zero-order chi connectivity index (χ0) is 40.7. The van der Waals surface area contributed by atoms with Gasteiger partial charge in [-0.05, 0) is 81.5 Å². The van der Waals surface area contributed by atoms with Crippen molar-refractivity contribution in [3.8, 4) is 45.7 Å². The average molecular weight is 791 g/mol. The second kappa shape index (κ2) is 13.5. The van der Waals surface area contributed by atoms with E-state index in [1.807, 2.05) is 42.6 Å². The summed E-state index contributed by atoms with van der Waals surface area (Å²) in [6.07, 6.45) is 1.87. The number of pyridine rings is 1.